The molecule has 0 saturated heterocycles. The summed E-state index contributed by atoms with van der Waals surface area (Å²) in [5.41, 5.74) is 2.67. The molecule has 0 radical (unpaired) electrons. The van der Waals surface area contributed by atoms with Crippen LogP contribution in [0.2, 0.25) is 0 Å². The van der Waals surface area contributed by atoms with Crippen LogP contribution in [0.25, 0.3) is 0 Å². The molecule has 18 heavy (non-hydrogen) atoms. The van der Waals surface area contributed by atoms with Crippen molar-refractivity contribution in [1.82, 2.24) is 15.3 Å². The van der Waals surface area contributed by atoms with Crippen LogP contribution in [0.4, 0.5) is 11.5 Å². The first kappa shape index (κ1) is 10.7. The van der Waals surface area contributed by atoms with Gasteiger partial charge in [0.15, 0.2) is 0 Å². The van der Waals surface area contributed by atoms with Crippen LogP contribution in [0, 0.1) is 0 Å². The summed E-state index contributed by atoms with van der Waals surface area (Å²) in [5.74, 6) is 0.723. The number of anilines is 2. The van der Waals surface area contributed by atoms with Crippen molar-refractivity contribution in [2.75, 3.05) is 5.32 Å². The third-order valence-corrected chi connectivity index (χ3v) is 2.96. The Morgan fingerprint density at radius 1 is 1.33 bits per heavy atom. The Balaban J connectivity index is 1.92. The summed E-state index contributed by atoms with van der Waals surface area (Å²) in [4.78, 5) is 19.6. The third kappa shape index (κ3) is 1.79. The van der Waals surface area contributed by atoms with Crippen LogP contribution in [-0.4, -0.2) is 15.9 Å². The van der Waals surface area contributed by atoms with Gasteiger partial charge in [-0.3, -0.25) is 4.79 Å². The zero-order valence-electron chi connectivity index (χ0n) is 9.84. The predicted molar refractivity (Wildman–Crippen MR) is 67.6 cm³/mol. The predicted octanol–water partition coefficient (Wildman–Crippen LogP) is 2.02. The topological polar surface area (TPSA) is 66.9 Å². The molecule has 2 N–H and O–H groups in total. The van der Waals surface area contributed by atoms with Crippen molar-refractivity contribution in [3.63, 3.8) is 0 Å². The standard InChI is InChI=1S/C13H12N4O/c1-8-11-6-9(2-3-10(11)13(18)16-8)17-12-4-5-14-7-15-12/h2-8H,1H3,(H,16,18)(H,14,15,17)/t8-/m1/s1. The summed E-state index contributed by atoms with van der Waals surface area (Å²) in [6, 6.07) is 7.52. The number of carbonyl (C=O) groups excluding carboxylic acids is 1. The van der Waals surface area contributed by atoms with Gasteiger partial charge < -0.3 is 10.6 Å². The summed E-state index contributed by atoms with van der Waals surface area (Å²) in [6.45, 7) is 1.97. The van der Waals surface area contributed by atoms with Gasteiger partial charge in [0.1, 0.15) is 12.1 Å². The zero-order valence-corrected chi connectivity index (χ0v) is 9.84. The monoisotopic (exact) mass is 240 g/mol. The van der Waals surface area contributed by atoms with E-state index in [4.69, 9.17) is 0 Å². The van der Waals surface area contributed by atoms with Gasteiger partial charge in [-0.25, -0.2) is 9.97 Å². The lowest BCUT2D eigenvalue weighted by molar-refractivity contribution is 0.0958. The zero-order chi connectivity index (χ0) is 12.5. The minimum Gasteiger partial charge on any atom is -0.345 e. The molecule has 2 aromatic rings. The quantitative estimate of drug-likeness (QED) is 0.842. The average molecular weight is 240 g/mol. The molecule has 3 rings (SSSR count). The molecular weight excluding hydrogens is 228 g/mol. The smallest absolute Gasteiger partial charge is 0.252 e. The minimum absolute atomic E-state index is 0.00825. The Labute approximate surface area is 104 Å². The molecule has 90 valence electrons. The number of nitrogens with zero attached hydrogens (tertiary/aromatic N) is 2. The summed E-state index contributed by atoms with van der Waals surface area (Å²) in [6.07, 6.45) is 3.17. The Kier molecular flexibility index (Phi) is 2.44. The second-order valence-electron chi connectivity index (χ2n) is 4.22. The van der Waals surface area contributed by atoms with Crippen LogP contribution in [0.1, 0.15) is 28.9 Å². The van der Waals surface area contributed by atoms with E-state index in [-0.39, 0.29) is 11.9 Å². The van der Waals surface area contributed by atoms with Crippen molar-refractivity contribution in [1.29, 1.82) is 0 Å². The van der Waals surface area contributed by atoms with Gasteiger partial charge in [-0.05, 0) is 36.8 Å². The molecule has 0 unspecified atom stereocenters. The number of benzene rings is 1. The fourth-order valence-electron chi connectivity index (χ4n) is 2.07. The highest BCUT2D eigenvalue weighted by atomic mass is 16.2. The van der Waals surface area contributed by atoms with Gasteiger partial charge in [-0.15, -0.1) is 0 Å². The molecule has 0 fully saturated rings. The Hall–Kier alpha value is -2.43. The second kappa shape index (κ2) is 4.10. The van der Waals surface area contributed by atoms with Crippen molar-refractivity contribution in [2.45, 2.75) is 13.0 Å². The SMILES string of the molecule is C[C@H]1NC(=O)c2ccc(Nc3ccncn3)cc21. The largest absolute Gasteiger partial charge is 0.345 e. The average Bonchev–Trinajstić information content (AvgIpc) is 2.66. The van der Waals surface area contributed by atoms with E-state index in [0.29, 0.717) is 0 Å². The van der Waals surface area contributed by atoms with Crippen LogP contribution < -0.4 is 10.6 Å². The summed E-state index contributed by atoms with van der Waals surface area (Å²) >= 11 is 0. The number of rotatable bonds is 2. The summed E-state index contributed by atoms with van der Waals surface area (Å²) < 4.78 is 0. The van der Waals surface area contributed by atoms with Gasteiger partial charge in [0, 0.05) is 17.4 Å². The molecule has 5 heteroatoms. The molecule has 1 aliphatic rings. The highest BCUT2D eigenvalue weighted by Gasteiger charge is 2.25. The van der Waals surface area contributed by atoms with Gasteiger partial charge in [0.25, 0.3) is 5.91 Å². The van der Waals surface area contributed by atoms with Crippen LogP contribution in [-0.2, 0) is 0 Å². The van der Waals surface area contributed by atoms with Gasteiger partial charge in [-0.1, -0.05) is 0 Å². The fourth-order valence-corrected chi connectivity index (χ4v) is 2.07. The van der Waals surface area contributed by atoms with Crippen molar-refractivity contribution in [3.05, 3.63) is 47.9 Å². The Bertz CT molecular complexity index is 597. The van der Waals surface area contributed by atoms with Crippen LogP contribution in [0.15, 0.2) is 36.8 Å². The van der Waals surface area contributed by atoms with E-state index in [1.54, 1.807) is 12.3 Å². The normalized spacial score (nSPS) is 17.2. The van der Waals surface area contributed by atoms with E-state index in [0.717, 1.165) is 22.6 Å². The van der Waals surface area contributed by atoms with Gasteiger partial charge in [0.2, 0.25) is 0 Å². The Morgan fingerprint density at radius 2 is 2.22 bits per heavy atom. The van der Waals surface area contributed by atoms with Gasteiger partial charge >= 0.3 is 0 Å². The first-order chi connectivity index (χ1) is 8.74. The molecule has 2 heterocycles. The first-order valence-electron chi connectivity index (χ1n) is 5.72. The number of hydrogen-bond acceptors (Lipinski definition) is 4. The summed E-state index contributed by atoms with van der Waals surface area (Å²) in [5, 5.41) is 6.06. The maximum absolute atomic E-state index is 11.6. The van der Waals surface area contributed by atoms with Gasteiger partial charge in [-0.2, -0.15) is 0 Å². The third-order valence-electron chi connectivity index (χ3n) is 2.96. The van der Waals surface area contributed by atoms with E-state index in [2.05, 4.69) is 20.6 Å². The first-order valence-corrected chi connectivity index (χ1v) is 5.72. The van der Waals surface area contributed by atoms with E-state index in [9.17, 15) is 4.79 Å². The van der Waals surface area contributed by atoms with Crippen LogP contribution >= 0.6 is 0 Å². The molecule has 0 aliphatic carbocycles. The Morgan fingerprint density at radius 3 is 3.00 bits per heavy atom. The maximum atomic E-state index is 11.6. The van der Waals surface area contributed by atoms with Crippen molar-refractivity contribution in [2.24, 2.45) is 0 Å². The minimum atomic E-state index is -0.00825. The molecular formula is C13H12N4O. The second-order valence-corrected chi connectivity index (χ2v) is 4.22. The molecule has 1 aliphatic heterocycles. The number of nitrogens with one attached hydrogen (secondary N) is 2. The highest BCUT2D eigenvalue weighted by Crippen LogP contribution is 2.28. The maximum Gasteiger partial charge on any atom is 0.252 e. The molecule has 0 spiro atoms. The van der Waals surface area contributed by atoms with E-state index in [1.165, 1.54) is 6.33 Å². The summed E-state index contributed by atoms with van der Waals surface area (Å²) in [7, 11) is 0. The van der Waals surface area contributed by atoms with Crippen molar-refractivity contribution in [3.8, 4) is 0 Å². The fraction of sp³-hybridized carbons (Fsp3) is 0.154. The lowest BCUT2D eigenvalue weighted by atomic mass is 10.1. The number of amides is 1. The molecule has 1 aromatic heterocycles. The van der Waals surface area contributed by atoms with Crippen LogP contribution in [0.5, 0.6) is 0 Å². The molecule has 1 atom stereocenters. The van der Waals surface area contributed by atoms with E-state index >= 15 is 0 Å². The number of carbonyl (C=O) groups is 1. The molecule has 5 nitrogen and oxygen atoms in total. The van der Waals surface area contributed by atoms with Crippen molar-refractivity contribution >= 4 is 17.4 Å². The molecule has 1 amide bonds. The lowest BCUT2D eigenvalue weighted by Gasteiger charge is -2.08. The van der Waals surface area contributed by atoms with E-state index < -0.39 is 0 Å². The van der Waals surface area contributed by atoms with Gasteiger partial charge in [0.05, 0.1) is 6.04 Å². The number of fused-ring (bicyclic) bond motifs is 1. The lowest BCUT2D eigenvalue weighted by Crippen LogP contribution is -2.16. The molecule has 1 aromatic carbocycles. The highest BCUT2D eigenvalue weighted by molar-refractivity contribution is 5.99. The molecule has 0 saturated carbocycles. The number of aromatic nitrogens is 2. The van der Waals surface area contributed by atoms with Crippen molar-refractivity contribution < 1.29 is 4.79 Å². The number of hydrogen-bond donors (Lipinski definition) is 2. The molecule has 0 bridgehead atoms. The van der Waals surface area contributed by atoms with Crippen LogP contribution in [0.3, 0.4) is 0 Å². The van der Waals surface area contributed by atoms with E-state index in [1.807, 2.05) is 25.1 Å².